The van der Waals surface area contributed by atoms with Crippen LogP contribution in [0.15, 0.2) is 24.3 Å². The van der Waals surface area contributed by atoms with Gasteiger partial charge >= 0.3 is 0 Å². The first-order valence-corrected chi connectivity index (χ1v) is 8.51. The number of rotatable bonds is 8. The van der Waals surface area contributed by atoms with Gasteiger partial charge < -0.3 is 10.2 Å². The molecule has 0 fully saturated rings. The predicted molar refractivity (Wildman–Crippen MR) is 93.9 cm³/mol. The maximum Gasteiger partial charge on any atom is 0.242 e. The van der Waals surface area contributed by atoms with Crippen LogP contribution in [0.1, 0.15) is 51.7 Å². The van der Waals surface area contributed by atoms with Crippen molar-refractivity contribution in [3.05, 3.63) is 35.4 Å². The molecule has 0 aliphatic heterocycles. The van der Waals surface area contributed by atoms with E-state index in [1.165, 1.54) is 5.56 Å². The van der Waals surface area contributed by atoms with Gasteiger partial charge in [0.2, 0.25) is 11.8 Å². The lowest BCUT2D eigenvalue weighted by atomic mass is 10.1. The van der Waals surface area contributed by atoms with E-state index in [4.69, 9.17) is 0 Å². The fourth-order valence-electron chi connectivity index (χ4n) is 2.44. The summed E-state index contributed by atoms with van der Waals surface area (Å²) in [5.41, 5.74) is 2.23. The summed E-state index contributed by atoms with van der Waals surface area (Å²) >= 11 is 0. The van der Waals surface area contributed by atoms with Gasteiger partial charge in [-0.15, -0.1) is 0 Å². The van der Waals surface area contributed by atoms with Crippen molar-refractivity contribution >= 4 is 11.8 Å². The molecule has 0 radical (unpaired) electrons. The minimum absolute atomic E-state index is 0.0112. The fraction of sp³-hybridized carbons (Fsp3) is 0.579. The zero-order valence-electron chi connectivity index (χ0n) is 15.1. The Kier molecular flexibility index (Phi) is 7.79. The Morgan fingerprint density at radius 3 is 2.22 bits per heavy atom. The molecule has 0 saturated carbocycles. The highest BCUT2D eigenvalue weighted by atomic mass is 16.2. The van der Waals surface area contributed by atoms with Crippen LogP contribution in [0.3, 0.4) is 0 Å². The van der Waals surface area contributed by atoms with Crippen molar-refractivity contribution in [1.82, 2.24) is 10.2 Å². The Balaban J connectivity index is 2.91. The molecule has 0 aromatic heterocycles. The Morgan fingerprint density at radius 1 is 1.13 bits per heavy atom. The summed E-state index contributed by atoms with van der Waals surface area (Å²) in [5.74, 6) is 0.344. The van der Waals surface area contributed by atoms with E-state index in [2.05, 4.69) is 19.2 Å². The SMILES string of the molecule is CCC(=O)N(Cc1ccc(C)cc1)[C@H](CC)C(=O)NCC(C)C. The zero-order valence-corrected chi connectivity index (χ0v) is 15.1. The van der Waals surface area contributed by atoms with Crippen LogP contribution < -0.4 is 5.32 Å². The molecule has 1 aromatic carbocycles. The van der Waals surface area contributed by atoms with Crippen LogP contribution in [0.25, 0.3) is 0 Å². The maximum atomic E-state index is 12.5. The smallest absolute Gasteiger partial charge is 0.242 e. The summed E-state index contributed by atoms with van der Waals surface area (Å²) in [6.45, 7) is 11.0. The number of hydrogen-bond donors (Lipinski definition) is 1. The third-order valence-corrected chi connectivity index (χ3v) is 3.85. The molecule has 4 heteroatoms. The summed E-state index contributed by atoms with van der Waals surface area (Å²) in [7, 11) is 0. The number of carbonyl (C=O) groups is 2. The molecule has 0 saturated heterocycles. The fourth-order valence-corrected chi connectivity index (χ4v) is 2.44. The number of aryl methyl sites for hydroxylation is 1. The monoisotopic (exact) mass is 318 g/mol. The van der Waals surface area contributed by atoms with Crippen molar-refractivity contribution in [3.8, 4) is 0 Å². The molecule has 1 aromatic rings. The van der Waals surface area contributed by atoms with E-state index < -0.39 is 6.04 Å². The lowest BCUT2D eigenvalue weighted by Crippen LogP contribution is -2.49. The van der Waals surface area contributed by atoms with Crippen molar-refractivity contribution < 1.29 is 9.59 Å². The molecule has 0 spiro atoms. The van der Waals surface area contributed by atoms with Crippen LogP contribution in [0.5, 0.6) is 0 Å². The van der Waals surface area contributed by atoms with E-state index >= 15 is 0 Å². The van der Waals surface area contributed by atoms with E-state index in [-0.39, 0.29) is 11.8 Å². The number of amides is 2. The Morgan fingerprint density at radius 2 is 1.74 bits per heavy atom. The van der Waals surface area contributed by atoms with Gasteiger partial charge in [0.25, 0.3) is 0 Å². The van der Waals surface area contributed by atoms with Crippen molar-refractivity contribution in [3.63, 3.8) is 0 Å². The van der Waals surface area contributed by atoms with E-state index in [9.17, 15) is 9.59 Å². The molecular weight excluding hydrogens is 288 g/mol. The highest BCUT2D eigenvalue weighted by Gasteiger charge is 2.27. The second kappa shape index (κ2) is 9.33. The largest absolute Gasteiger partial charge is 0.354 e. The Labute approximate surface area is 140 Å². The average molecular weight is 318 g/mol. The summed E-state index contributed by atoms with van der Waals surface area (Å²) in [6.07, 6.45) is 1.02. The van der Waals surface area contributed by atoms with Crippen LogP contribution in [-0.4, -0.2) is 29.3 Å². The number of nitrogens with one attached hydrogen (secondary N) is 1. The van der Waals surface area contributed by atoms with Crippen molar-refractivity contribution in [1.29, 1.82) is 0 Å². The maximum absolute atomic E-state index is 12.5. The molecule has 0 aliphatic carbocycles. The summed E-state index contributed by atoms with van der Waals surface area (Å²) in [6, 6.07) is 7.68. The first-order valence-electron chi connectivity index (χ1n) is 8.51. The molecule has 23 heavy (non-hydrogen) atoms. The second-order valence-electron chi connectivity index (χ2n) is 6.42. The van der Waals surface area contributed by atoms with Crippen molar-refractivity contribution in [2.24, 2.45) is 5.92 Å². The van der Waals surface area contributed by atoms with Gasteiger partial charge in [0.05, 0.1) is 0 Å². The zero-order chi connectivity index (χ0) is 17.4. The van der Waals surface area contributed by atoms with Gasteiger partial charge in [-0.2, -0.15) is 0 Å². The van der Waals surface area contributed by atoms with E-state index in [0.29, 0.717) is 31.8 Å². The summed E-state index contributed by atoms with van der Waals surface area (Å²) in [5, 5.41) is 2.95. The van der Waals surface area contributed by atoms with E-state index in [1.807, 2.05) is 45.0 Å². The lowest BCUT2D eigenvalue weighted by molar-refractivity contribution is -0.141. The molecule has 1 rings (SSSR count). The van der Waals surface area contributed by atoms with Crippen LogP contribution in [0.2, 0.25) is 0 Å². The molecule has 0 aliphatic rings. The number of carbonyl (C=O) groups excluding carboxylic acids is 2. The Hall–Kier alpha value is -1.84. The van der Waals surface area contributed by atoms with Gasteiger partial charge in [-0.05, 0) is 24.8 Å². The molecule has 0 unspecified atom stereocenters. The van der Waals surface area contributed by atoms with Crippen LogP contribution in [-0.2, 0) is 16.1 Å². The molecule has 1 N–H and O–H groups in total. The van der Waals surface area contributed by atoms with E-state index in [0.717, 1.165) is 5.56 Å². The van der Waals surface area contributed by atoms with Gasteiger partial charge in [0.15, 0.2) is 0 Å². The van der Waals surface area contributed by atoms with Crippen LogP contribution in [0.4, 0.5) is 0 Å². The number of nitrogens with zero attached hydrogens (tertiary/aromatic N) is 1. The molecule has 2 amide bonds. The first-order chi connectivity index (χ1) is 10.9. The van der Waals surface area contributed by atoms with Gasteiger partial charge in [0, 0.05) is 19.5 Å². The number of hydrogen-bond acceptors (Lipinski definition) is 2. The highest BCUT2D eigenvalue weighted by molar-refractivity contribution is 5.87. The van der Waals surface area contributed by atoms with Crippen LogP contribution >= 0.6 is 0 Å². The van der Waals surface area contributed by atoms with E-state index in [1.54, 1.807) is 4.90 Å². The third kappa shape index (κ3) is 6.05. The highest BCUT2D eigenvalue weighted by Crippen LogP contribution is 2.14. The minimum Gasteiger partial charge on any atom is -0.354 e. The quantitative estimate of drug-likeness (QED) is 0.799. The van der Waals surface area contributed by atoms with Crippen molar-refractivity contribution in [2.45, 2.75) is 60.0 Å². The standard InChI is InChI=1S/C19H30N2O2/c1-6-17(19(23)20-12-14(3)4)21(18(22)7-2)13-16-10-8-15(5)9-11-16/h8-11,14,17H,6-7,12-13H2,1-5H3,(H,20,23)/t17-/m1/s1. The topological polar surface area (TPSA) is 49.4 Å². The number of benzene rings is 1. The minimum atomic E-state index is -0.414. The third-order valence-electron chi connectivity index (χ3n) is 3.85. The molecule has 4 nitrogen and oxygen atoms in total. The molecule has 0 bridgehead atoms. The Bertz CT molecular complexity index is 509. The van der Waals surface area contributed by atoms with Crippen molar-refractivity contribution in [2.75, 3.05) is 6.54 Å². The average Bonchev–Trinajstić information content (AvgIpc) is 2.53. The molecular formula is C19H30N2O2. The van der Waals surface area contributed by atoms with Gasteiger partial charge in [-0.25, -0.2) is 0 Å². The predicted octanol–water partition coefficient (Wildman–Crippen LogP) is 3.28. The summed E-state index contributed by atoms with van der Waals surface area (Å²) in [4.78, 5) is 26.6. The van der Waals surface area contributed by atoms with Gasteiger partial charge in [-0.3, -0.25) is 9.59 Å². The molecule has 1 atom stereocenters. The van der Waals surface area contributed by atoms with Gasteiger partial charge in [0.1, 0.15) is 6.04 Å². The van der Waals surface area contributed by atoms with Gasteiger partial charge in [-0.1, -0.05) is 57.5 Å². The molecule has 0 heterocycles. The normalized spacial score (nSPS) is 12.1. The second-order valence-corrected chi connectivity index (χ2v) is 6.42. The lowest BCUT2D eigenvalue weighted by Gasteiger charge is -2.30. The van der Waals surface area contributed by atoms with Crippen LogP contribution in [0, 0.1) is 12.8 Å². The molecule has 128 valence electrons. The summed E-state index contributed by atoms with van der Waals surface area (Å²) < 4.78 is 0. The first kappa shape index (κ1) is 19.2.